The monoisotopic (exact) mass is 213 g/mol. The molecule has 0 saturated carbocycles. The summed E-state index contributed by atoms with van der Waals surface area (Å²) >= 11 is 0. The second-order valence-corrected chi connectivity index (χ2v) is 4.27. The van der Waals surface area contributed by atoms with Gasteiger partial charge in [-0.3, -0.25) is 0 Å². The molecule has 1 rings (SSSR count). The molecule has 1 heterocycles. The molecule has 0 atom stereocenters. The summed E-state index contributed by atoms with van der Waals surface area (Å²) in [7, 11) is -3.06. The molecule has 80 valence electrons. The van der Waals surface area contributed by atoms with Crippen LogP contribution < -0.4 is 0 Å². The van der Waals surface area contributed by atoms with Crippen molar-refractivity contribution in [1.82, 2.24) is 0 Å². The molecular weight excluding hydrogens is 197 g/mol. The molecule has 4 nitrogen and oxygen atoms in total. The van der Waals surface area contributed by atoms with Gasteiger partial charge in [0.25, 0.3) is 10.5 Å². The van der Waals surface area contributed by atoms with Crippen molar-refractivity contribution in [3.05, 3.63) is 0 Å². The van der Waals surface area contributed by atoms with Crippen LogP contribution in [-0.2, 0) is 10.5 Å². The van der Waals surface area contributed by atoms with E-state index in [0.29, 0.717) is 0 Å². The number of hydrogen-bond acceptors (Lipinski definition) is 3. The second-order valence-electron chi connectivity index (χ2n) is 3.48. The summed E-state index contributed by atoms with van der Waals surface area (Å²) in [6, 6.07) is 0. The first kappa shape index (κ1) is 12.8. The first-order valence-electron chi connectivity index (χ1n) is 4.26. The maximum Gasteiger partial charge on any atom is 0.255 e. The number of likely N-dealkylation sites (tertiary alicyclic amines) is 1. The van der Waals surface area contributed by atoms with Gasteiger partial charge in [-0.25, -0.2) is 8.42 Å². The fourth-order valence-corrected chi connectivity index (χ4v) is 1.42. The summed E-state index contributed by atoms with van der Waals surface area (Å²) in [4.78, 5) is 0. The van der Waals surface area contributed by atoms with Crippen LogP contribution in [-0.4, -0.2) is 44.1 Å². The third-order valence-corrected chi connectivity index (χ3v) is 2.41. The van der Waals surface area contributed by atoms with E-state index in [9.17, 15) is 3.89 Å². The van der Waals surface area contributed by atoms with E-state index in [1.165, 1.54) is 37.0 Å². The quantitative estimate of drug-likeness (QED) is 0.365. The Kier molecular flexibility index (Phi) is 4.80. The van der Waals surface area contributed by atoms with Gasteiger partial charge in [-0.2, -0.15) is 0 Å². The molecule has 0 spiro atoms. The molecule has 1 fully saturated rings. The Morgan fingerprint density at radius 1 is 1.38 bits per heavy atom. The molecule has 0 unspecified atom stereocenters. The molecule has 0 aromatic rings. The van der Waals surface area contributed by atoms with Crippen molar-refractivity contribution in [3.63, 3.8) is 0 Å². The summed E-state index contributed by atoms with van der Waals surface area (Å²) in [5.41, 5.74) is 0. The Hall–Kier alpha value is -0.200. The van der Waals surface area contributed by atoms with E-state index < -0.39 is 10.5 Å². The number of nitrogens with zero attached hydrogens (tertiary/aromatic N) is 1. The van der Waals surface area contributed by atoms with Crippen molar-refractivity contribution in [2.75, 3.05) is 26.7 Å². The fraction of sp³-hybridized carbons (Fsp3) is 1.00. The van der Waals surface area contributed by atoms with Crippen molar-refractivity contribution >= 4 is 10.5 Å². The minimum absolute atomic E-state index is 1.32. The molecule has 0 radical (unpaired) electrons. The van der Waals surface area contributed by atoms with Gasteiger partial charge in [0.1, 0.15) is 0 Å². The third kappa shape index (κ3) is 8.14. The van der Waals surface area contributed by atoms with E-state index in [-0.39, 0.29) is 0 Å². The van der Waals surface area contributed by atoms with Gasteiger partial charge in [0.15, 0.2) is 0 Å². The summed E-state index contributed by atoms with van der Waals surface area (Å²) in [6.07, 6.45) is 2.90. The molecule has 0 N–H and O–H groups in total. The van der Waals surface area contributed by atoms with Crippen LogP contribution in [0.3, 0.4) is 0 Å². The van der Waals surface area contributed by atoms with Crippen molar-refractivity contribution in [3.8, 4) is 0 Å². The van der Waals surface area contributed by atoms with Crippen LogP contribution in [0, 0.1) is 0 Å². The Bertz CT molecular complexity index is 226. The first-order valence-corrected chi connectivity index (χ1v) is 5.57. The van der Waals surface area contributed by atoms with Crippen molar-refractivity contribution in [1.29, 1.82) is 0 Å². The minimum Gasteiger partial charge on any atom is -0.722 e. The number of halogens is 1. The standard InChI is InChI=1S/C7H16N.FHO3S/c1-3-8(2)6-4-5-7-8;1-5(2,3)4/h3-7H2,1-2H3;(H,2,3,4)/q+1;/p-1. The molecule has 0 aliphatic carbocycles. The summed E-state index contributed by atoms with van der Waals surface area (Å²) in [5.74, 6) is 0. The van der Waals surface area contributed by atoms with Crippen LogP contribution in [0.5, 0.6) is 0 Å². The maximum absolute atomic E-state index is 10.1. The zero-order chi connectivity index (χ0) is 10.5. The summed E-state index contributed by atoms with van der Waals surface area (Å²) in [6.45, 7) is 6.43. The van der Waals surface area contributed by atoms with Crippen LogP contribution in [0.25, 0.3) is 0 Å². The molecule has 0 amide bonds. The average Bonchev–Trinajstić information content (AvgIpc) is 2.34. The lowest BCUT2D eigenvalue weighted by molar-refractivity contribution is -0.895. The first-order chi connectivity index (χ1) is 5.77. The van der Waals surface area contributed by atoms with Gasteiger partial charge >= 0.3 is 0 Å². The van der Waals surface area contributed by atoms with E-state index in [4.69, 9.17) is 13.0 Å². The lowest BCUT2D eigenvalue weighted by Gasteiger charge is -2.26. The topological polar surface area (TPSA) is 57.2 Å². The van der Waals surface area contributed by atoms with E-state index in [2.05, 4.69) is 14.0 Å². The van der Waals surface area contributed by atoms with Gasteiger partial charge in [0.2, 0.25) is 0 Å². The molecule has 13 heavy (non-hydrogen) atoms. The molecule has 1 aliphatic heterocycles. The predicted octanol–water partition coefficient (Wildman–Crippen LogP) is 0.663. The largest absolute Gasteiger partial charge is 0.722 e. The highest BCUT2D eigenvalue weighted by Crippen LogP contribution is 2.14. The highest BCUT2D eigenvalue weighted by atomic mass is 32.3. The highest BCUT2D eigenvalue weighted by molar-refractivity contribution is 7.80. The molecule has 0 aromatic heterocycles. The van der Waals surface area contributed by atoms with Crippen LogP contribution in [0.2, 0.25) is 0 Å². The summed E-state index contributed by atoms with van der Waals surface area (Å²) in [5, 5.41) is 0. The SMILES string of the molecule is CC[N+]1(C)CCCC1.O=S(=O)([O-])F. The third-order valence-electron chi connectivity index (χ3n) is 2.41. The number of rotatable bonds is 1. The lowest BCUT2D eigenvalue weighted by atomic mass is 10.4. The molecule has 0 aromatic carbocycles. The van der Waals surface area contributed by atoms with Crippen LogP contribution >= 0.6 is 0 Å². The van der Waals surface area contributed by atoms with Crippen LogP contribution in [0.4, 0.5) is 3.89 Å². The van der Waals surface area contributed by atoms with Gasteiger partial charge in [-0.05, 0) is 6.92 Å². The van der Waals surface area contributed by atoms with E-state index in [1.807, 2.05) is 0 Å². The molecule has 0 bridgehead atoms. The maximum atomic E-state index is 10.1. The smallest absolute Gasteiger partial charge is 0.255 e. The van der Waals surface area contributed by atoms with E-state index >= 15 is 0 Å². The van der Waals surface area contributed by atoms with Gasteiger partial charge in [0, 0.05) is 12.8 Å². The van der Waals surface area contributed by atoms with Gasteiger partial charge < -0.3 is 9.04 Å². The van der Waals surface area contributed by atoms with Gasteiger partial charge in [0.05, 0.1) is 26.7 Å². The Balaban J connectivity index is 0.000000252. The summed E-state index contributed by atoms with van der Waals surface area (Å²) < 4.78 is 36.7. The Morgan fingerprint density at radius 2 is 1.69 bits per heavy atom. The average molecular weight is 213 g/mol. The van der Waals surface area contributed by atoms with Crippen LogP contribution in [0.1, 0.15) is 19.8 Å². The zero-order valence-electron chi connectivity index (χ0n) is 7.99. The predicted molar refractivity (Wildman–Crippen MR) is 46.5 cm³/mol. The molecule has 1 saturated heterocycles. The zero-order valence-corrected chi connectivity index (χ0v) is 8.81. The van der Waals surface area contributed by atoms with Crippen molar-refractivity contribution in [2.24, 2.45) is 0 Å². The van der Waals surface area contributed by atoms with E-state index in [1.54, 1.807) is 0 Å². The van der Waals surface area contributed by atoms with Gasteiger partial charge in [-0.1, -0.05) is 0 Å². The molecule has 1 aliphatic rings. The molecule has 6 heteroatoms. The van der Waals surface area contributed by atoms with Crippen LogP contribution in [0.15, 0.2) is 0 Å². The van der Waals surface area contributed by atoms with Crippen molar-refractivity contribution in [2.45, 2.75) is 19.8 Å². The van der Waals surface area contributed by atoms with E-state index in [0.717, 1.165) is 0 Å². The van der Waals surface area contributed by atoms with Gasteiger partial charge in [-0.15, -0.1) is 3.89 Å². The molecular formula is C7H16FNO3S. The Labute approximate surface area is 79.0 Å². The fourth-order valence-electron chi connectivity index (χ4n) is 1.42. The minimum atomic E-state index is -5.42. The number of quaternary nitrogens is 1. The Morgan fingerprint density at radius 3 is 1.85 bits per heavy atom. The van der Waals surface area contributed by atoms with Crippen molar-refractivity contribution < 1.29 is 21.3 Å². The highest BCUT2D eigenvalue weighted by Gasteiger charge is 2.23. The lowest BCUT2D eigenvalue weighted by Crippen LogP contribution is -2.40. The second kappa shape index (κ2) is 4.88. The normalized spacial score (nSPS) is 20.6. The number of hydrogen-bond donors (Lipinski definition) is 0.